The average Bonchev–Trinajstić information content (AvgIpc) is 2.61. The van der Waals surface area contributed by atoms with Crippen LogP contribution in [0.15, 0.2) is 47.4 Å². The Morgan fingerprint density at radius 2 is 1.78 bits per heavy atom. The number of ether oxygens (including phenoxy) is 2. The first-order valence-electron chi connectivity index (χ1n) is 7.90. The van der Waals surface area contributed by atoms with E-state index in [1.165, 1.54) is 30.3 Å². The number of amides is 1. The summed E-state index contributed by atoms with van der Waals surface area (Å²) in [5, 5.41) is 2.58. The standard InChI is InChI=1S/C18H18ClNO6S/c1-3-25-13-6-4-12(5-7-13)18(22)26-11-17(21)20-16-10-14(27(2,23)24)8-9-15(16)19/h4-10H,3,11H2,1-2H3,(H,20,21). The zero-order valence-corrected chi connectivity index (χ0v) is 16.3. The first-order valence-corrected chi connectivity index (χ1v) is 10.2. The molecule has 144 valence electrons. The van der Waals surface area contributed by atoms with Crippen LogP contribution in [-0.4, -0.2) is 39.8 Å². The smallest absolute Gasteiger partial charge is 0.338 e. The van der Waals surface area contributed by atoms with E-state index in [2.05, 4.69) is 5.32 Å². The van der Waals surface area contributed by atoms with Crippen molar-refractivity contribution in [1.82, 2.24) is 0 Å². The van der Waals surface area contributed by atoms with Gasteiger partial charge in [0, 0.05) is 6.26 Å². The van der Waals surface area contributed by atoms with Crippen molar-refractivity contribution in [1.29, 1.82) is 0 Å². The molecule has 2 aromatic carbocycles. The van der Waals surface area contributed by atoms with Crippen LogP contribution >= 0.6 is 11.6 Å². The zero-order chi connectivity index (χ0) is 20.0. The predicted molar refractivity (Wildman–Crippen MR) is 101 cm³/mol. The molecule has 0 bridgehead atoms. The molecule has 0 heterocycles. The van der Waals surface area contributed by atoms with Crippen LogP contribution in [0.2, 0.25) is 5.02 Å². The van der Waals surface area contributed by atoms with Crippen LogP contribution < -0.4 is 10.1 Å². The number of hydrogen-bond acceptors (Lipinski definition) is 6. The van der Waals surface area contributed by atoms with E-state index in [1.807, 2.05) is 6.92 Å². The van der Waals surface area contributed by atoms with Gasteiger partial charge >= 0.3 is 5.97 Å². The molecule has 0 fully saturated rings. The van der Waals surface area contributed by atoms with E-state index >= 15 is 0 Å². The van der Waals surface area contributed by atoms with Crippen molar-refractivity contribution < 1.29 is 27.5 Å². The number of anilines is 1. The van der Waals surface area contributed by atoms with Crippen LogP contribution in [-0.2, 0) is 19.4 Å². The molecule has 0 spiro atoms. The highest BCUT2D eigenvalue weighted by Crippen LogP contribution is 2.25. The monoisotopic (exact) mass is 411 g/mol. The molecular weight excluding hydrogens is 394 g/mol. The number of carbonyl (C=O) groups is 2. The first kappa shape index (κ1) is 20.7. The molecule has 2 rings (SSSR count). The molecule has 0 atom stereocenters. The Bertz CT molecular complexity index is 941. The molecule has 0 aliphatic rings. The number of sulfone groups is 1. The van der Waals surface area contributed by atoms with E-state index < -0.39 is 28.3 Å². The van der Waals surface area contributed by atoms with Crippen molar-refractivity contribution in [2.45, 2.75) is 11.8 Å². The lowest BCUT2D eigenvalue weighted by atomic mass is 10.2. The van der Waals surface area contributed by atoms with Gasteiger partial charge in [-0.3, -0.25) is 4.79 Å². The second-order valence-electron chi connectivity index (χ2n) is 5.50. The molecule has 0 aliphatic carbocycles. The Morgan fingerprint density at radius 3 is 2.37 bits per heavy atom. The first-order chi connectivity index (χ1) is 12.7. The molecular formula is C18H18ClNO6S. The highest BCUT2D eigenvalue weighted by Gasteiger charge is 2.14. The molecule has 0 aliphatic heterocycles. The molecule has 2 aromatic rings. The molecule has 0 unspecified atom stereocenters. The van der Waals surface area contributed by atoms with Gasteiger partial charge < -0.3 is 14.8 Å². The van der Waals surface area contributed by atoms with Crippen molar-refractivity contribution in [2.75, 3.05) is 24.8 Å². The third-order valence-electron chi connectivity index (χ3n) is 3.38. The largest absolute Gasteiger partial charge is 0.494 e. The van der Waals surface area contributed by atoms with Gasteiger partial charge in [-0.2, -0.15) is 0 Å². The minimum absolute atomic E-state index is 0.00795. The van der Waals surface area contributed by atoms with Crippen LogP contribution in [0.3, 0.4) is 0 Å². The second kappa shape index (κ2) is 8.88. The van der Waals surface area contributed by atoms with Crippen molar-refractivity contribution in [3.05, 3.63) is 53.1 Å². The van der Waals surface area contributed by atoms with Gasteiger partial charge in [0.15, 0.2) is 16.4 Å². The lowest BCUT2D eigenvalue weighted by molar-refractivity contribution is -0.119. The lowest BCUT2D eigenvalue weighted by Gasteiger charge is -2.10. The van der Waals surface area contributed by atoms with Gasteiger partial charge in [-0.1, -0.05) is 11.6 Å². The summed E-state index contributed by atoms with van der Waals surface area (Å²) in [6.45, 7) is 1.80. The van der Waals surface area contributed by atoms with Crippen molar-refractivity contribution in [2.24, 2.45) is 0 Å². The van der Waals surface area contributed by atoms with Crippen molar-refractivity contribution >= 4 is 39.0 Å². The van der Waals surface area contributed by atoms with E-state index in [-0.39, 0.29) is 21.2 Å². The van der Waals surface area contributed by atoms with Crippen LogP contribution in [0, 0.1) is 0 Å². The maximum atomic E-state index is 12.0. The number of halogens is 1. The van der Waals surface area contributed by atoms with Crippen LogP contribution in [0.1, 0.15) is 17.3 Å². The molecule has 1 amide bonds. The minimum Gasteiger partial charge on any atom is -0.494 e. The third-order valence-corrected chi connectivity index (χ3v) is 4.82. The van der Waals surface area contributed by atoms with E-state index in [1.54, 1.807) is 12.1 Å². The summed E-state index contributed by atoms with van der Waals surface area (Å²) in [5.74, 6) is -0.710. The van der Waals surface area contributed by atoms with Gasteiger partial charge in [0.2, 0.25) is 0 Å². The maximum Gasteiger partial charge on any atom is 0.338 e. The minimum atomic E-state index is -3.45. The fourth-order valence-electron chi connectivity index (χ4n) is 2.09. The predicted octanol–water partition coefficient (Wildman–Crippen LogP) is 2.94. The third kappa shape index (κ3) is 5.97. The Labute approximate surface area is 162 Å². The topological polar surface area (TPSA) is 98.8 Å². The normalized spacial score (nSPS) is 10.9. The van der Waals surface area contributed by atoms with Crippen molar-refractivity contribution in [3.8, 4) is 5.75 Å². The molecule has 9 heteroatoms. The van der Waals surface area contributed by atoms with E-state index in [9.17, 15) is 18.0 Å². The number of carbonyl (C=O) groups excluding carboxylic acids is 2. The maximum absolute atomic E-state index is 12.0. The summed E-state index contributed by atoms with van der Waals surface area (Å²) in [6.07, 6.45) is 1.04. The molecule has 1 N–H and O–H groups in total. The van der Waals surface area contributed by atoms with Crippen LogP contribution in [0.5, 0.6) is 5.75 Å². The SMILES string of the molecule is CCOc1ccc(C(=O)OCC(=O)Nc2cc(S(C)(=O)=O)ccc2Cl)cc1. The van der Waals surface area contributed by atoms with E-state index in [0.29, 0.717) is 12.4 Å². The summed E-state index contributed by atoms with van der Waals surface area (Å²) in [6, 6.07) is 10.2. The van der Waals surface area contributed by atoms with Gasteiger partial charge in [-0.15, -0.1) is 0 Å². The average molecular weight is 412 g/mol. The Kier molecular flexibility index (Phi) is 6.81. The number of esters is 1. The highest BCUT2D eigenvalue weighted by atomic mass is 35.5. The highest BCUT2D eigenvalue weighted by molar-refractivity contribution is 7.90. The summed E-state index contributed by atoms with van der Waals surface area (Å²) in [4.78, 5) is 24.0. The summed E-state index contributed by atoms with van der Waals surface area (Å²) >= 11 is 5.96. The summed E-state index contributed by atoms with van der Waals surface area (Å²) in [5.41, 5.74) is 0.380. The van der Waals surface area contributed by atoms with Gasteiger partial charge in [-0.05, 0) is 49.4 Å². The number of benzene rings is 2. The van der Waals surface area contributed by atoms with Gasteiger partial charge in [-0.25, -0.2) is 13.2 Å². The summed E-state index contributed by atoms with van der Waals surface area (Å²) in [7, 11) is -3.45. The second-order valence-corrected chi connectivity index (χ2v) is 7.92. The fraction of sp³-hybridized carbons (Fsp3) is 0.222. The van der Waals surface area contributed by atoms with E-state index in [0.717, 1.165) is 6.26 Å². The van der Waals surface area contributed by atoms with Gasteiger partial charge in [0.1, 0.15) is 5.75 Å². The van der Waals surface area contributed by atoms with Crippen molar-refractivity contribution in [3.63, 3.8) is 0 Å². The van der Waals surface area contributed by atoms with Gasteiger partial charge in [0.05, 0.1) is 27.8 Å². The zero-order valence-electron chi connectivity index (χ0n) is 14.7. The quantitative estimate of drug-likeness (QED) is 0.703. The Balaban J connectivity index is 1.97. The fourth-order valence-corrected chi connectivity index (χ4v) is 2.90. The summed E-state index contributed by atoms with van der Waals surface area (Å²) < 4.78 is 33.4. The van der Waals surface area contributed by atoms with Gasteiger partial charge in [0.25, 0.3) is 5.91 Å². The molecule has 0 saturated carbocycles. The molecule has 0 aromatic heterocycles. The molecule has 27 heavy (non-hydrogen) atoms. The Hall–Kier alpha value is -2.58. The number of rotatable bonds is 7. The van der Waals surface area contributed by atoms with E-state index in [4.69, 9.17) is 21.1 Å². The Morgan fingerprint density at radius 1 is 1.11 bits per heavy atom. The van der Waals surface area contributed by atoms with Crippen LogP contribution in [0.4, 0.5) is 5.69 Å². The number of hydrogen-bond donors (Lipinski definition) is 1. The molecule has 0 saturated heterocycles. The molecule has 0 radical (unpaired) electrons. The number of nitrogens with one attached hydrogen (secondary N) is 1. The van der Waals surface area contributed by atoms with Crippen LogP contribution in [0.25, 0.3) is 0 Å². The molecule has 7 nitrogen and oxygen atoms in total. The lowest BCUT2D eigenvalue weighted by Crippen LogP contribution is -2.21.